The maximum absolute atomic E-state index is 11.9. The number of hydrogen-bond acceptors (Lipinski definition) is 6. The Bertz CT molecular complexity index is 1130. The number of nitrogens with zero attached hydrogens (tertiary/aromatic N) is 4. The largest absolute Gasteiger partial charge is 0.387 e. The first-order valence-corrected chi connectivity index (χ1v) is 12.3. The fourth-order valence-electron chi connectivity index (χ4n) is 5.06. The van der Waals surface area contributed by atoms with Crippen molar-refractivity contribution in [1.82, 2.24) is 25.1 Å². The fraction of sp³-hybridized carbons (Fsp3) is 0.440. The molecule has 0 radical (unpaired) electrons. The van der Waals surface area contributed by atoms with Crippen LogP contribution >= 0.6 is 11.6 Å². The number of carbonyl (C=O) groups is 1. The number of carbonyl (C=O) groups excluding carboxylic acids is 1. The van der Waals surface area contributed by atoms with Crippen molar-refractivity contribution in [2.75, 3.05) is 25.0 Å². The molecule has 2 fully saturated rings. The van der Waals surface area contributed by atoms with Crippen LogP contribution in [-0.4, -0.2) is 61.8 Å². The molecule has 1 saturated heterocycles. The Morgan fingerprint density at radius 1 is 1.12 bits per heavy atom. The van der Waals surface area contributed by atoms with Crippen LogP contribution in [0.2, 0.25) is 5.02 Å². The SMILES string of the molecule is O=C(CO)N1CCC(c2[nH]nc(-c3ccc(Cl)cc3)c2-c2ccnc(NC3CCCC3)n2)CC1. The first-order valence-electron chi connectivity index (χ1n) is 11.9. The van der Waals surface area contributed by atoms with Crippen molar-refractivity contribution in [1.29, 1.82) is 0 Å². The number of aromatic nitrogens is 4. The van der Waals surface area contributed by atoms with Gasteiger partial charge >= 0.3 is 0 Å². The van der Waals surface area contributed by atoms with E-state index in [1.54, 1.807) is 11.1 Å². The van der Waals surface area contributed by atoms with Gasteiger partial charge in [0.2, 0.25) is 11.9 Å². The molecular weight excluding hydrogens is 452 g/mol. The summed E-state index contributed by atoms with van der Waals surface area (Å²) in [6.07, 6.45) is 8.14. The molecule has 1 aliphatic carbocycles. The third-order valence-electron chi connectivity index (χ3n) is 6.90. The van der Waals surface area contributed by atoms with Gasteiger partial charge in [0, 0.05) is 53.1 Å². The van der Waals surface area contributed by atoms with Crippen molar-refractivity contribution in [3.8, 4) is 22.5 Å². The van der Waals surface area contributed by atoms with Gasteiger partial charge in [-0.15, -0.1) is 0 Å². The second-order valence-electron chi connectivity index (χ2n) is 9.07. The molecule has 2 aromatic heterocycles. The predicted octanol–water partition coefficient (Wildman–Crippen LogP) is 4.24. The lowest BCUT2D eigenvalue weighted by Gasteiger charge is -2.31. The molecule has 1 aromatic carbocycles. The molecule has 9 heteroatoms. The molecule has 3 heterocycles. The van der Waals surface area contributed by atoms with E-state index < -0.39 is 6.61 Å². The molecule has 3 N–H and O–H groups in total. The quantitative estimate of drug-likeness (QED) is 0.487. The fourth-order valence-corrected chi connectivity index (χ4v) is 5.19. The van der Waals surface area contributed by atoms with Gasteiger partial charge in [0.15, 0.2) is 0 Å². The van der Waals surface area contributed by atoms with Crippen LogP contribution in [0.15, 0.2) is 36.5 Å². The highest BCUT2D eigenvalue weighted by molar-refractivity contribution is 6.30. The maximum atomic E-state index is 11.9. The molecule has 5 rings (SSSR count). The summed E-state index contributed by atoms with van der Waals surface area (Å²) in [5.41, 5.74) is 4.58. The van der Waals surface area contributed by atoms with Crippen LogP contribution in [-0.2, 0) is 4.79 Å². The van der Waals surface area contributed by atoms with Gasteiger partial charge in [-0.2, -0.15) is 5.10 Å². The van der Waals surface area contributed by atoms with Crippen LogP contribution in [0.4, 0.5) is 5.95 Å². The summed E-state index contributed by atoms with van der Waals surface area (Å²) in [4.78, 5) is 23.0. The van der Waals surface area contributed by atoms with Crippen LogP contribution in [0.25, 0.3) is 22.5 Å². The molecule has 2 aliphatic rings. The molecule has 1 aliphatic heterocycles. The van der Waals surface area contributed by atoms with Gasteiger partial charge in [-0.1, -0.05) is 36.6 Å². The minimum absolute atomic E-state index is 0.201. The third-order valence-corrected chi connectivity index (χ3v) is 7.16. The lowest BCUT2D eigenvalue weighted by Crippen LogP contribution is -2.39. The van der Waals surface area contributed by atoms with E-state index >= 15 is 0 Å². The van der Waals surface area contributed by atoms with Crippen LogP contribution in [0.5, 0.6) is 0 Å². The number of likely N-dealkylation sites (tertiary alicyclic amines) is 1. The van der Waals surface area contributed by atoms with E-state index in [0.717, 1.165) is 53.9 Å². The minimum atomic E-state index is -0.446. The summed E-state index contributed by atoms with van der Waals surface area (Å²) in [6.45, 7) is 0.770. The zero-order chi connectivity index (χ0) is 23.5. The molecule has 0 unspecified atom stereocenters. The molecular formula is C25H29ClN6O2. The monoisotopic (exact) mass is 480 g/mol. The Hall–Kier alpha value is -2.97. The molecule has 34 heavy (non-hydrogen) atoms. The van der Waals surface area contributed by atoms with Gasteiger partial charge in [-0.25, -0.2) is 9.97 Å². The summed E-state index contributed by atoms with van der Waals surface area (Å²) in [5.74, 6) is 0.623. The van der Waals surface area contributed by atoms with E-state index in [2.05, 4.69) is 15.4 Å². The number of benzene rings is 1. The Balaban J connectivity index is 1.50. The van der Waals surface area contributed by atoms with E-state index in [1.807, 2.05) is 30.3 Å². The van der Waals surface area contributed by atoms with Gasteiger partial charge in [0.25, 0.3) is 0 Å². The van der Waals surface area contributed by atoms with Crippen molar-refractivity contribution in [3.05, 3.63) is 47.2 Å². The van der Waals surface area contributed by atoms with Gasteiger partial charge in [0.1, 0.15) is 12.3 Å². The molecule has 1 saturated carbocycles. The number of hydrogen-bond donors (Lipinski definition) is 3. The van der Waals surface area contributed by atoms with Crippen molar-refractivity contribution in [2.45, 2.75) is 50.5 Å². The number of halogens is 1. The molecule has 178 valence electrons. The normalized spacial score (nSPS) is 17.3. The molecule has 0 spiro atoms. The van der Waals surface area contributed by atoms with E-state index in [4.69, 9.17) is 21.7 Å². The van der Waals surface area contributed by atoms with Crippen molar-refractivity contribution >= 4 is 23.5 Å². The number of amides is 1. The van der Waals surface area contributed by atoms with E-state index in [-0.39, 0.29) is 11.8 Å². The number of nitrogens with one attached hydrogen (secondary N) is 2. The van der Waals surface area contributed by atoms with Crippen molar-refractivity contribution < 1.29 is 9.90 Å². The number of piperidine rings is 1. The van der Waals surface area contributed by atoms with E-state index in [0.29, 0.717) is 30.1 Å². The summed E-state index contributed by atoms with van der Waals surface area (Å²) < 4.78 is 0. The number of anilines is 1. The van der Waals surface area contributed by atoms with Crippen molar-refractivity contribution in [3.63, 3.8) is 0 Å². The lowest BCUT2D eigenvalue weighted by molar-refractivity contribution is -0.135. The second kappa shape index (κ2) is 10.1. The lowest BCUT2D eigenvalue weighted by atomic mass is 9.89. The predicted molar refractivity (Wildman–Crippen MR) is 132 cm³/mol. The Kier molecular flexibility index (Phi) is 6.78. The minimum Gasteiger partial charge on any atom is -0.387 e. The molecule has 1 amide bonds. The van der Waals surface area contributed by atoms with Crippen LogP contribution in [0.3, 0.4) is 0 Å². The summed E-state index contributed by atoms with van der Waals surface area (Å²) in [6, 6.07) is 10.0. The highest BCUT2D eigenvalue weighted by atomic mass is 35.5. The zero-order valence-corrected chi connectivity index (χ0v) is 19.8. The average Bonchev–Trinajstić information content (AvgIpc) is 3.54. The topological polar surface area (TPSA) is 107 Å². The number of rotatable bonds is 6. The smallest absolute Gasteiger partial charge is 0.248 e. The maximum Gasteiger partial charge on any atom is 0.248 e. The second-order valence-corrected chi connectivity index (χ2v) is 9.51. The molecule has 0 atom stereocenters. The van der Waals surface area contributed by atoms with E-state index in [9.17, 15) is 9.90 Å². The van der Waals surface area contributed by atoms with Gasteiger partial charge in [-0.05, 0) is 43.9 Å². The van der Waals surface area contributed by atoms with Gasteiger partial charge < -0.3 is 15.3 Å². The van der Waals surface area contributed by atoms with Gasteiger partial charge in [0.05, 0.1) is 5.69 Å². The Labute approximate surface area is 203 Å². The Morgan fingerprint density at radius 2 is 1.85 bits per heavy atom. The first-order chi connectivity index (χ1) is 16.6. The molecule has 3 aromatic rings. The molecule has 8 nitrogen and oxygen atoms in total. The Morgan fingerprint density at radius 3 is 2.56 bits per heavy atom. The number of aliphatic hydroxyl groups excluding tert-OH is 1. The van der Waals surface area contributed by atoms with Gasteiger partial charge in [-0.3, -0.25) is 9.89 Å². The number of aliphatic hydroxyl groups is 1. The number of aromatic amines is 1. The average molecular weight is 481 g/mol. The number of H-pyrrole nitrogens is 1. The van der Waals surface area contributed by atoms with E-state index in [1.165, 1.54) is 12.8 Å². The third kappa shape index (κ3) is 4.79. The van der Waals surface area contributed by atoms with Crippen LogP contribution in [0, 0.1) is 0 Å². The highest BCUT2D eigenvalue weighted by Gasteiger charge is 2.29. The summed E-state index contributed by atoms with van der Waals surface area (Å²) >= 11 is 6.13. The van der Waals surface area contributed by atoms with Crippen molar-refractivity contribution in [2.24, 2.45) is 0 Å². The van der Waals surface area contributed by atoms with Crippen LogP contribution < -0.4 is 5.32 Å². The zero-order valence-electron chi connectivity index (χ0n) is 19.0. The highest BCUT2D eigenvalue weighted by Crippen LogP contribution is 2.39. The molecule has 0 bridgehead atoms. The van der Waals surface area contributed by atoms with Crippen LogP contribution in [0.1, 0.15) is 50.1 Å². The standard InChI is InChI=1S/C25H29ClN6O2/c26-18-7-5-16(6-8-18)23-22(20-9-12-27-25(29-20)28-19-3-1-2-4-19)24(31-30-23)17-10-13-32(14-11-17)21(34)15-33/h5-9,12,17,19,33H,1-4,10-11,13-15H2,(H,30,31)(H,27,28,29). The summed E-state index contributed by atoms with van der Waals surface area (Å²) in [7, 11) is 0. The first kappa shape index (κ1) is 22.8. The summed E-state index contributed by atoms with van der Waals surface area (Å²) in [5, 5.41) is 21.4.